The highest BCUT2D eigenvalue weighted by atomic mass is 16.5. The third-order valence-electron chi connectivity index (χ3n) is 6.22. The normalized spacial score (nSPS) is 10.9. The van der Waals surface area contributed by atoms with Crippen LogP contribution < -0.4 is 9.47 Å². The van der Waals surface area contributed by atoms with Gasteiger partial charge in [-0.1, -0.05) is 77.3 Å². The second kappa shape index (κ2) is 16.7. The zero-order valence-corrected chi connectivity index (χ0v) is 22.6. The Bertz CT molecular complexity index is 862. The molecule has 2 amide bonds. The Morgan fingerprint density at radius 2 is 1.06 bits per heavy atom. The molecule has 0 aliphatic heterocycles. The summed E-state index contributed by atoms with van der Waals surface area (Å²) >= 11 is 0. The molecule has 0 radical (unpaired) electrons. The van der Waals surface area contributed by atoms with E-state index in [1.54, 1.807) is 23.9 Å². The van der Waals surface area contributed by atoms with Gasteiger partial charge in [0.1, 0.15) is 0 Å². The molecule has 2 aromatic rings. The van der Waals surface area contributed by atoms with Crippen LogP contribution in [-0.4, -0.2) is 72.0 Å². The van der Waals surface area contributed by atoms with Crippen molar-refractivity contribution in [1.82, 2.24) is 19.8 Å². The highest BCUT2D eigenvalue weighted by Crippen LogP contribution is 2.26. The molecule has 36 heavy (non-hydrogen) atoms. The molecule has 0 aliphatic rings. The minimum Gasteiger partial charge on any atom is -0.464 e. The maximum Gasteiger partial charge on any atom is 0.279 e. The molecule has 8 heteroatoms. The molecule has 0 atom stereocenters. The van der Waals surface area contributed by atoms with Crippen molar-refractivity contribution in [3.8, 4) is 11.8 Å². The van der Waals surface area contributed by atoms with Crippen molar-refractivity contribution in [2.24, 2.45) is 0 Å². The van der Waals surface area contributed by atoms with Gasteiger partial charge in [-0.05, 0) is 25.0 Å². The SMILES string of the molecule is CCCCCCCN(C)C(=O)COc1nc2ccccc2nc1OCC(=O)N(C)CCCCCCC. The van der Waals surface area contributed by atoms with E-state index >= 15 is 0 Å². The van der Waals surface area contributed by atoms with Crippen LogP contribution >= 0.6 is 0 Å². The lowest BCUT2D eigenvalue weighted by Crippen LogP contribution is -2.33. The topological polar surface area (TPSA) is 84.9 Å². The van der Waals surface area contributed by atoms with Crippen molar-refractivity contribution in [1.29, 1.82) is 0 Å². The number of fused-ring (bicyclic) bond motifs is 1. The summed E-state index contributed by atoms with van der Waals surface area (Å²) < 4.78 is 11.5. The highest BCUT2D eigenvalue weighted by Gasteiger charge is 2.18. The predicted octanol–water partition coefficient (Wildman–Crippen LogP) is 5.25. The lowest BCUT2D eigenvalue weighted by atomic mass is 10.1. The average molecular weight is 501 g/mol. The first-order valence-corrected chi connectivity index (χ1v) is 13.5. The molecule has 200 valence electrons. The lowest BCUT2D eigenvalue weighted by Gasteiger charge is -2.19. The quantitative estimate of drug-likeness (QED) is 0.260. The number of unbranched alkanes of at least 4 members (excludes halogenated alkanes) is 8. The van der Waals surface area contributed by atoms with Crippen LogP contribution in [0.25, 0.3) is 11.0 Å². The first-order valence-electron chi connectivity index (χ1n) is 13.5. The summed E-state index contributed by atoms with van der Waals surface area (Å²) in [6, 6.07) is 7.36. The van der Waals surface area contributed by atoms with Crippen molar-refractivity contribution in [2.75, 3.05) is 40.4 Å². The van der Waals surface area contributed by atoms with Gasteiger partial charge in [-0.15, -0.1) is 0 Å². The van der Waals surface area contributed by atoms with Crippen molar-refractivity contribution in [3.63, 3.8) is 0 Å². The maximum atomic E-state index is 12.6. The molecule has 0 bridgehead atoms. The minimum absolute atomic E-state index is 0.119. The zero-order chi connectivity index (χ0) is 26.2. The van der Waals surface area contributed by atoms with E-state index in [2.05, 4.69) is 23.8 Å². The van der Waals surface area contributed by atoms with Gasteiger partial charge in [0.25, 0.3) is 23.6 Å². The van der Waals surface area contributed by atoms with Gasteiger partial charge in [-0.2, -0.15) is 0 Å². The first kappa shape index (κ1) is 29.3. The van der Waals surface area contributed by atoms with Gasteiger partial charge < -0.3 is 19.3 Å². The number of carbonyl (C=O) groups excluding carboxylic acids is 2. The van der Waals surface area contributed by atoms with E-state index in [4.69, 9.17) is 9.47 Å². The molecule has 0 N–H and O–H groups in total. The number of ether oxygens (including phenoxy) is 2. The second-order valence-corrected chi connectivity index (χ2v) is 9.36. The number of carbonyl (C=O) groups is 2. The Hall–Kier alpha value is -2.90. The summed E-state index contributed by atoms with van der Waals surface area (Å²) in [6.45, 7) is 5.42. The summed E-state index contributed by atoms with van der Waals surface area (Å²) in [6.07, 6.45) is 11.4. The molecule has 1 aromatic heterocycles. The van der Waals surface area contributed by atoms with Gasteiger partial charge in [0.05, 0.1) is 11.0 Å². The fourth-order valence-electron chi connectivity index (χ4n) is 3.79. The summed E-state index contributed by atoms with van der Waals surface area (Å²) in [5, 5.41) is 0. The number of likely N-dealkylation sites (N-methyl/N-ethyl adjacent to an activating group) is 2. The van der Waals surface area contributed by atoms with E-state index in [1.165, 1.54) is 38.5 Å². The molecule has 2 rings (SSSR count). The molecule has 0 spiro atoms. The number of nitrogens with zero attached hydrogens (tertiary/aromatic N) is 4. The van der Waals surface area contributed by atoms with E-state index < -0.39 is 0 Å². The smallest absolute Gasteiger partial charge is 0.279 e. The predicted molar refractivity (Wildman–Crippen MR) is 143 cm³/mol. The molecule has 8 nitrogen and oxygen atoms in total. The highest BCUT2D eigenvalue weighted by molar-refractivity contribution is 5.79. The van der Waals surface area contributed by atoms with Gasteiger partial charge >= 0.3 is 0 Å². The molecule has 0 saturated heterocycles. The van der Waals surface area contributed by atoms with Crippen molar-refractivity contribution in [3.05, 3.63) is 24.3 Å². The van der Waals surface area contributed by atoms with E-state index in [0.717, 1.165) is 25.7 Å². The number of amides is 2. The number of hydrogen-bond acceptors (Lipinski definition) is 6. The van der Waals surface area contributed by atoms with E-state index in [9.17, 15) is 9.59 Å². The number of hydrogen-bond donors (Lipinski definition) is 0. The molecular formula is C28H44N4O4. The van der Waals surface area contributed by atoms with Crippen molar-refractivity contribution in [2.45, 2.75) is 78.1 Å². The molecular weight excluding hydrogens is 456 g/mol. The zero-order valence-electron chi connectivity index (χ0n) is 22.6. The van der Waals surface area contributed by atoms with Crippen LogP contribution in [0.15, 0.2) is 24.3 Å². The van der Waals surface area contributed by atoms with E-state index in [1.807, 2.05) is 24.3 Å². The summed E-state index contributed by atoms with van der Waals surface area (Å²) in [5.74, 6) is -0.0302. The van der Waals surface area contributed by atoms with Crippen LogP contribution in [0.1, 0.15) is 78.1 Å². The van der Waals surface area contributed by atoms with E-state index in [0.29, 0.717) is 24.1 Å². The Balaban J connectivity index is 1.94. The number of aromatic nitrogens is 2. The van der Waals surface area contributed by atoms with Crippen LogP contribution in [0.3, 0.4) is 0 Å². The summed E-state index contributed by atoms with van der Waals surface area (Å²) in [4.78, 5) is 37.5. The molecule has 0 unspecified atom stereocenters. The molecule has 1 aromatic carbocycles. The van der Waals surface area contributed by atoms with Crippen LogP contribution in [0.4, 0.5) is 0 Å². The fraction of sp³-hybridized carbons (Fsp3) is 0.643. The molecule has 0 aliphatic carbocycles. The number of benzene rings is 1. The van der Waals surface area contributed by atoms with Gasteiger partial charge in [-0.3, -0.25) is 9.59 Å². The molecule has 0 saturated carbocycles. The van der Waals surface area contributed by atoms with E-state index in [-0.39, 0.29) is 36.8 Å². The molecule has 0 fully saturated rings. The van der Waals surface area contributed by atoms with Crippen LogP contribution in [0.2, 0.25) is 0 Å². The standard InChI is InChI=1S/C28H44N4O4/c1-5-7-9-11-15-19-31(3)25(33)21-35-27-28(30-24-18-14-13-17-23(24)29-27)36-22-26(34)32(4)20-16-12-10-8-6-2/h13-14,17-18H,5-12,15-16,19-22H2,1-4H3. The molecule has 1 heterocycles. The Morgan fingerprint density at radius 1 is 0.667 bits per heavy atom. The monoisotopic (exact) mass is 500 g/mol. The van der Waals surface area contributed by atoms with Gasteiger partial charge in [0, 0.05) is 27.2 Å². The third kappa shape index (κ3) is 10.4. The lowest BCUT2D eigenvalue weighted by molar-refractivity contribution is -0.133. The van der Waals surface area contributed by atoms with Crippen LogP contribution in [-0.2, 0) is 9.59 Å². The second-order valence-electron chi connectivity index (χ2n) is 9.36. The summed E-state index contributed by atoms with van der Waals surface area (Å²) in [7, 11) is 3.57. The Kier molecular flexibility index (Phi) is 13.6. The van der Waals surface area contributed by atoms with Gasteiger partial charge in [0.2, 0.25) is 0 Å². The maximum absolute atomic E-state index is 12.6. The average Bonchev–Trinajstić information content (AvgIpc) is 2.89. The first-order chi connectivity index (χ1) is 17.5. The fourth-order valence-corrected chi connectivity index (χ4v) is 3.79. The largest absolute Gasteiger partial charge is 0.464 e. The van der Waals surface area contributed by atoms with Crippen LogP contribution in [0.5, 0.6) is 11.8 Å². The number of para-hydroxylation sites is 2. The minimum atomic E-state index is -0.166. The van der Waals surface area contributed by atoms with Crippen molar-refractivity contribution >= 4 is 22.8 Å². The van der Waals surface area contributed by atoms with Crippen molar-refractivity contribution < 1.29 is 19.1 Å². The van der Waals surface area contributed by atoms with Crippen LogP contribution in [0, 0.1) is 0 Å². The third-order valence-corrected chi connectivity index (χ3v) is 6.22. The summed E-state index contributed by atoms with van der Waals surface area (Å²) in [5.41, 5.74) is 1.26. The van der Waals surface area contributed by atoms with Gasteiger partial charge in [-0.25, -0.2) is 9.97 Å². The Labute approximate surface area is 216 Å². The number of rotatable bonds is 18. The Morgan fingerprint density at radius 3 is 1.44 bits per heavy atom. The van der Waals surface area contributed by atoms with Gasteiger partial charge in [0.15, 0.2) is 13.2 Å².